The first-order chi connectivity index (χ1) is 7.31. The van der Waals surface area contributed by atoms with Gasteiger partial charge in [0.2, 0.25) is 0 Å². The first kappa shape index (κ1) is 11.4. The van der Waals surface area contributed by atoms with Crippen molar-refractivity contribution in [2.45, 2.75) is 6.92 Å². The van der Waals surface area contributed by atoms with Crippen molar-refractivity contribution in [2.24, 2.45) is 5.16 Å². The molecule has 1 rings (SSSR count). The van der Waals surface area contributed by atoms with E-state index in [2.05, 4.69) is 9.99 Å². The Hall–Kier alpha value is -1.71. The summed E-state index contributed by atoms with van der Waals surface area (Å²) < 4.78 is 10.6. The van der Waals surface area contributed by atoms with Crippen LogP contribution in [0, 0.1) is 0 Å². The molecule has 1 aromatic carbocycles. The van der Waals surface area contributed by atoms with Crippen LogP contribution >= 0.6 is 0 Å². The van der Waals surface area contributed by atoms with Crippen molar-refractivity contribution in [3.8, 4) is 11.5 Å². The molecule has 0 fully saturated rings. The lowest BCUT2D eigenvalue weighted by Crippen LogP contribution is -1.96. The van der Waals surface area contributed by atoms with E-state index < -0.39 is 0 Å². The Morgan fingerprint density at radius 1 is 1.27 bits per heavy atom. The second-order valence-corrected chi connectivity index (χ2v) is 2.76. The molecular weight excluding hydrogens is 194 g/mol. The molecule has 0 spiro atoms. The van der Waals surface area contributed by atoms with E-state index in [1.54, 1.807) is 13.3 Å². The van der Waals surface area contributed by atoms with Gasteiger partial charge in [-0.05, 0) is 25.1 Å². The van der Waals surface area contributed by atoms with Crippen molar-refractivity contribution in [3.05, 3.63) is 23.8 Å². The Morgan fingerprint density at radius 2 is 2.07 bits per heavy atom. The van der Waals surface area contributed by atoms with E-state index in [1.165, 1.54) is 7.11 Å². The molecule has 1 aromatic rings. The quantitative estimate of drug-likeness (QED) is 0.550. The molecule has 0 saturated heterocycles. The summed E-state index contributed by atoms with van der Waals surface area (Å²) in [6, 6.07) is 5.57. The molecule has 0 aromatic heterocycles. The smallest absolute Gasteiger partial charge is 0.161 e. The molecule has 82 valence electrons. The minimum atomic E-state index is 0.613. The number of oxime groups is 1. The van der Waals surface area contributed by atoms with Crippen LogP contribution in [-0.2, 0) is 4.84 Å². The summed E-state index contributed by atoms with van der Waals surface area (Å²) in [6.07, 6.45) is 1.61. The number of benzene rings is 1. The summed E-state index contributed by atoms with van der Waals surface area (Å²) in [5.41, 5.74) is 0.900. The van der Waals surface area contributed by atoms with E-state index >= 15 is 0 Å². The van der Waals surface area contributed by atoms with Crippen LogP contribution in [0.4, 0.5) is 0 Å². The molecule has 0 N–H and O–H groups in total. The van der Waals surface area contributed by atoms with Gasteiger partial charge in [-0.3, -0.25) is 0 Å². The van der Waals surface area contributed by atoms with Crippen molar-refractivity contribution >= 4 is 6.21 Å². The lowest BCUT2D eigenvalue weighted by atomic mass is 10.2. The van der Waals surface area contributed by atoms with Gasteiger partial charge in [0.1, 0.15) is 7.11 Å². The number of ether oxygens (including phenoxy) is 2. The zero-order valence-corrected chi connectivity index (χ0v) is 9.19. The zero-order valence-electron chi connectivity index (χ0n) is 9.19. The van der Waals surface area contributed by atoms with Crippen molar-refractivity contribution in [3.63, 3.8) is 0 Å². The van der Waals surface area contributed by atoms with Gasteiger partial charge in [-0.1, -0.05) is 5.16 Å². The maximum absolute atomic E-state index is 5.39. The van der Waals surface area contributed by atoms with Gasteiger partial charge >= 0.3 is 0 Å². The van der Waals surface area contributed by atoms with Gasteiger partial charge in [0, 0.05) is 5.56 Å². The lowest BCUT2D eigenvalue weighted by Gasteiger charge is -2.09. The van der Waals surface area contributed by atoms with E-state index in [0.717, 1.165) is 11.3 Å². The molecule has 4 nitrogen and oxygen atoms in total. The third-order valence-corrected chi connectivity index (χ3v) is 1.79. The molecule has 0 aliphatic rings. The van der Waals surface area contributed by atoms with E-state index in [1.807, 2.05) is 25.1 Å². The predicted octanol–water partition coefficient (Wildman–Crippen LogP) is 2.07. The highest BCUT2D eigenvalue weighted by molar-refractivity contribution is 5.80. The van der Waals surface area contributed by atoms with E-state index in [9.17, 15) is 0 Å². The SMILES string of the molecule is CCOc1ccc(/C=N/OC)cc1OC. The maximum atomic E-state index is 5.39. The van der Waals surface area contributed by atoms with Gasteiger partial charge in [0.05, 0.1) is 19.9 Å². The van der Waals surface area contributed by atoms with Crippen LogP contribution < -0.4 is 9.47 Å². The van der Waals surface area contributed by atoms with Crippen molar-refractivity contribution in [2.75, 3.05) is 20.8 Å². The van der Waals surface area contributed by atoms with Crippen LogP contribution in [0.25, 0.3) is 0 Å². The first-order valence-electron chi connectivity index (χ1n) is 4.69. The van der Waals surface area contributed by atoms with E-state index in [0.29, 0.717) is 12.4 Å². The van der Waals surface area contributed by atoms with Gasteiger partial charge in [-0.25, -0.2) is 0 Å². The Kier molecular flexibility index (Phi) is 4.47. The van der Waals surface area contributed by atoms with Crippen LogP contribution in [0.3, 0.4) is 0 Å². The summed E-state index contributed by atoms with van der Waals surface area (Å²) in [6.45, 7) is 2.54. The third-order valence-electron chi connectivity index (χ3n) is 1.79. The Balaban J connectivity index is 2.91. The molecule has 0 radical (unpaired) electrons. The van der Waals surface area contributed by atoms with Gasteiger partial charge in [0.15, 0.2) is 11.5 Å². The number of rotatable bonds is 5. The second kappa shape index (κ2) is 5.90. The summed E-state index contributed by atoms with van der Waals surface area (Å²) in [5.74, 6) is 1.42. The highest BCUT2D eigenvalue weighted by Gasteiger charge is 2.03. The minimum Gasteiger partial charge on any atom is -0.493 e. The van der Waals surface area contributed by atoms with Gasteiger partial charge < -0.3 is 14.3 Å². The predicted molar refractivity (Wildman–Crippen MR) is 58.8 cm³/mol. The first-order valence-corrected chi connectivity index (χ1v) is 4.69. The molecule has 0 atom stereocenters. The topological polar surface area (TPSA) is 40.0 Å². The molecule has 0 aliphatic heterocycles. The summed E-state index contributed by atoms with van der Waals surface area (Å²) in [4.78, 5) is 4.59. The van der Waals surface area contributed by atoms with Crippen LogP contribution in [0.1, 0.15) is 12.5 Å². The molecule has 0 aliphatic carbocycles. The number of nitrogens with zero attached hydrogens (tertiary/aromatic N) is 1. The van der Waals surface area contributed by atoms with Crippen molar-refractivity contribution < 1.29 is 14.3 Å². The van der Waals surface area contributed by atoms with Crippen LogP contribution in [0.5, 0.6) is 11.5 Å². The number of hydrogen-bond donors (Lipinski definition) is 0. The molecule has 0 heterocycles. The van der Waals surface area contributed by atoms with Crippen LogP contribution in [0.2, 0.25) is 0 Å². The average Bonchev–Trinajstić information content (AvgIpc) is 2.28. The fourth-order valence-electron chi connectivity index (χ4n) is 1.15. The average molecular weight is 209 g/mol. The third kappa shape index (κ3) is 3.16. The monoisotopic (exact) mass is 209 g/mol. The van der Waals surface area contributed by atoms with Crippen molar-refractivity contribution in [1.29, 1.82) is 0 Å². The van der Waals surface area contributed by atoms with Gasteiger partial charge in [-0.15, -0.1) is 0 Å². The lowest BCUT2D eigenvalue weighted by molar-refractivity contribution is 0.215. The largest absolute Gasteiger partial charge is 0.493 e. The molecule has 0 unspecified atom stereocenters. The highest BCUT2D eigenvalue weighted by atomic mass is 16.6. The fraction of sp³-hybridized carbons (Fsp3) is 0.364. The van der Waals surface area contributed by atoms with Crippen molar-refractivity contribution in [1.82, 2.24) is 0 Å². The second-order valence-electron chi connectivity index (χ2n) is 2.76. The molecule has 4 heteroatoms. The summed E-state index contributed by atoms with van der Waals surface area (Å²) in [7, 11) is 3.11. The van der Waals surface area contributed by atoms with Gasteiger partial charge in [0.25, 0.3) is 0 Å². The zero-order chi connectivity index (χ0) is 11.1. The fourth-order valence-corrected chi connectivity index (χ4v) is 1.15. The highest BCUT2D eigenvalue weighted by Crippen LogP contribution is 2.27. The van der Waals surface area contributed by atoms with E-state index in [-0.39, 0.29) is 0 Å². The molecular formula is C11H15NO3. The van der Waals surface area contributed by atoms with Crippen LogP contribution in [-0.4, -0.2) is 27.0 Å². The Labute approximate surface area is 89.4 Å². The van der Waals surface area contributed by atoms with E-state index in [4.69, 9.17) is 9.47 Å². The maximum Gasteiger partial charge on any atom is 0.161 e. The van der Waals surface area contributed by atoms with Gasteiger partial charge in [-0.2, -0.15) is 0 Å². The molecule has 0 bridgehead atoms. The summed E-state index contributed by atoms with van der Waals surface area (Å²) >= 11 is 0. The minimum absolute atomic E-state index is 0.613. The normalized spacial score (nSPS) is 10.3. The summed E-state index contributed by atoms with van der Waals surface area (Å²) in [5, 5.41) is 3.67. The molecule has 0 amide bonds. The number of methoxy groups -OCH3 is 1. The Bertz CT molecular complexity index is 337. The standard InChI is InChI=1S/C11H15NO3/c1-4-15-10-6-5-9(8-12-14-3)7-11(10)13-2/h5-8H,4H2,1-3H3/b12-8+. The number of hydrogen-bond acceptors (Lipinski definition) is 4. The molecule has 0 saturated carbocycles. The molecule has 15 heavy (non-hydrogen) atoms. The van der Waals surface area contributed by atoms with Crippen LogP contribution in [0.15, 0.2) is 23.4 Å². The Morgan fingerprint density at radius 3 is 2.67 bits per heavy atom.